The fourth-order valence-electron chi connectivity index (χ4n) is 2.22. The van der Waals surface area contributed by atoms with E-state index in [2.05, 4.69) is 11.5 Å². The van der Waals surface area contributed by atoms with Crippen molar-refractivity contribution in [3.05, 3.63) is 47.7 Å². The minimum atomic E-state index is -0.862. The lowest BCUT2D eigenvalue weighted by atomic mass is 10.1. The van der Waals surface area contributed by atoms with Crippen LogP contribution in [0, 0.1) is 6.92 Å². The monoisotopic (exact) mass is 243 g/mol. The maximum absolute atomic E-state index is 11.2. The van der Waals surface area contributed by atoms with Crippen LogP contribution in [0.5, 0.6) is 0 Å². The Bertz CT molecular complexity index is 555. The summed E-state index contributed by atoms with van der Waals surface area (Å²) in [5, 5.41) is 9.21. The van der Waals surface area contributed by atoms with E-state index in [0.29, 0.717) is 5.56 Å². The molecule has 0 bridgehead atoms. The molecule has 0 atom stereocenters. The van der Waals surface area contributed by atoms with Gasteiger partial charge in [-0.2, -0.15) is 0 Å². The molecule has 0 amide bonds. The molecule has 0 aliphatic heterocycles. The third-order valence-corrected chi connectivity index (χ3v) is 3.11. The zero-order chi connectivity index (χ0) is 13.1. The molecule has 0 spiro atoms. The second kappa shape index (κ2) is 5.08. The van der Waals surface area contributed by atoms with Crippen molar-refractivity contribution in [1.82, 2.24) is 4.57 Å². The van der Waals surface area contributed by atoms with E-state index in [1.54, 1.807) is 6.07 Å². The van der Waals surface area contributed by atoms with E-state index < -0.39 is 5.97 Å². The van der Waals surface area contributed by atoms with Crippen molar-refractivity contribution in [2.75, 3.05) is 0 Å². The van der Waals surface area contributed by atoms with Crippen molar-refractivity contribution in [2.24, 2.45) is 0 Å². The summed E-state index contributed by atoms with van der Waals surface area (Å²) >= 11 is 0. The normalized spacial score (nSPS) is 10.6. The second-order valence-corrected chi connectivity index (χ2v) is 4.35. The average Bonchev–Trinajstić information content (AvgIpc) is 2.69. The summed E-state index contributed by atoms with van der Waals surface area (Å²) in [6, 6.07) is 11.7. The van der Waals surface area contributed by atoms with Crippen LogP contribution in [0.1, 0.15) is 29.4 Å². The number of benzene rings is 1. The maximum Gasteiger partial charge on any atom is 0.337 e. The molecule has 1 aromatic carbocycles. The number of carboxylic acid groups (broad SMARTS) is 1. The molecule has 3 heteroatoms. The highest BCUT2D eigenvalue weighted by atomic mass is 16.4. The zero-order valence-electron chi connectivity index (χ0n) is 10.7. The van der Waals surface area contributed by atoms with Gasteiger partial charge >= 0.3 is 5.97 Å². The third-order valence-electron chi connectivity index (χ3n) is 3.11. The summed E-state index contributed by atoms with van der Waals surface area (Å²) in [6.07, 6.45) is 0.981. The number of carboxylic acids is 1. The highest BCUT2D eigenvalue weighted by Crippen LogP contribution is 2.26. The van der Waals surface area contributed by atoms with Crippen LogP contribution >= 0.6 is 0 Å². The van der Waals surface area contributed by atoms with Gasteiger partial charge in [0.15, 0.2) is 0 Å². The third kappa shape index (κ3) is 2.16. The number of aromatic carboxylic acids is 1. The molecular weight excluding hydrogens is 226 g/mol. The molecule has 0 aliphatic carbocycles. The Balaban J connectivity index is 2.59. The molecule has 0 fully saturated rings. The molecule has 0 radical (unpaired) electrons. The minimum Gasteiger partial charge on any atom is -0.478 e. The first-order valence-electron chi connectivity index (χ1n) is 6.14. The predicted molar refractivity (Wildman–Crippen MR) is 71.9 cm³/mol. The van der Waals surface area contributed by atoms with E-state index in [1.807, 2.05) is 37.3 Å². The summed E-state index contributed by atoms with van der Waals surface area (Å²) in [5.74, 6) is -0.862. The molecule has 0 saturated carbocycles. The second-order valence-electron chi connectivity index (χ2n) is 4.35. The van der Waals surface area contributed by atoms with Gasteiger partial charge in [-0.05, 0) is 25.0 Å². The standard InChI is InChI=1S/C15H17NO2/c1-3-9-16-11(2)13(15(17)18)10-14(16)12-7-5-4-6-8-12/h4-8,10H,3,9H2,1-2H3,(H,17,18). The largest absolute Gasteiger partial charge is 0.478 e. The molecule has 3 nitrogen and oxygen atoms in total. The van der Waals surface area contributed by atoms with Gasteiger partial charge in [0, 0.05) is 17.9 Å². The highest BCUT2D eigenvalue weighted by Gasteiger charge is 2.16. The summed E-state index contributed by atoms with van der Waals surface area (Å²) in [7, 11) is 0. The summed E-state index contributed by atoms with van der Waals surface area (Å²) in [4.78, 5) is 11.2. The Kier molecular flexibility index (Phi) is 3.51. The number of nitrogens with zero attached hydrogens (tertiary/aromatic N) is 1. The van der Waals surface area contributed by atoms with E-state index in [1.165, 1.54) is 0 Å². The van der Waals surface area contributed by atoms with E-state index in [-0.39, 0.29) is 0 Å². The molecule has 0 unspecified atom stereocenters. The first-order chi connectivity index (χ1) is 8.65. The van der Waals surface area contributed by atoms with Crippen molar-refractivity contribution in [1.29, 1.82) is 0 Å². The predicted octanol–water partition coefficient (Wildman–Crippen LogP) is 3.57. The molecule has 2 rings (SSSR count). The van der Waals surface area contributed by atoms with Gasteiger partial charge in [0.05, 0.1) is 5.56 Å². The molecule has 2 aromatic rings. The number of hydrogen-bond acceptors (Lipinski definition) is 1. The van der Waals surface area contributed by atoms with Crippen molar-refractivity contribution in [3.63, 3.8) is 0 Å². The van der Waals surface area contributed by atoms with Gasteiger partial charge in [0.1, 0.15) is 0 Å². The number of carbonyl (C=O) groups is 1. The number of rotatable bonds is 4. The first-order valence-corrected chi connectivity index (χ1v) is 6.14. The van der Waals surface area contributed by atoms with E-state index in [4.69, 9.17) is 0 Å². The zero-order valence-corrected chi connectivity index (χ0v) is 10.7. The molecule has 0 aliphatic rings. The minimum absolute atomic E-state index is 0.391. The van der Waals surface area contributed by atoms with E-state index in [0.717, 1.165) is 29.9 Å². The Morgan fingerprint density at radius 1 is 1.28 bits per heavy atom. The first kappa shape index (κ1) is 12.4. The number of aromatic nitrogens is 1. The van der Waals surface area contributed by atoms with Crippen molar-refractivity contribution >= 4 is 5.97 Å². The Morgan fingerprint density at radius 2 is 1.94 bits per heavy atom. The molecular formula is C15H17NO2. The lowest BCUT2D eigenvalue weighted by Crippen LogP contribution is -2.04. The van der Waals surface area contributed by atoms with Crippen LogP contribution in [-0.2, 0) is 6.54 Å². The number of hydrogen-bond donors (Lipinski definition) is 1. The van der Waals surface area contributed by atoms with E-state index >= 15 is 0 Å². The molecule has 18 heavy (non-hydrogen) atoms. The molecule has 0 saturated heterocycles. The topological polar surface area (TPSA) is 42.2 Å². The average molecular weight is 243 g/mol. The van der Waals surface area contributed by atoms with Crippen molar-refractivity contribution in [3.8, 4) is 11.3 Å². The lowest BCUT2D eigenvalue weighted by molar-refractivity contribution is 0.0696. The van der Waals surface area contributed by atoms with Crippen LogP contribution in [0.15, 0.2) is 36.4 Å². The van der Waals surface area contributed by atoms with Gasteiger partial charge in [-0.3, -0.25) is 0 Å². The molecule has 94 valence electrons. The highest BCUT2D eigenvalue weighted by molar-refractivity contribution is 5.91. The fraction of sp³-hybridized carbons (Fsp3) is 0.267. The van der Waals surface area contributed by atoms with Crippen molar-refractivity contribution < 1.29 is 9.90 Å². The van der Waals surface area contributed by atoms with Gasteiger partial charge in [-0.1, -0.05) is 37.3 Å². The Hall–Kier alpha value is -2.03. The Labute approximate surface area is 107 Å². The van der Waals surface area contributed by atoms with Gasteiger partial charge in [-0.15, -0.1) is 0 Å². The quantitative estimate of drug-likeness (QED) is 0.892. The van der Waals surface area contributed by atoms with Crippen LogP contribution < -0.4 is 0 Å². The summed E-state index contributed by atoms with van der Waals surface area (Å²) in [5.41, 5.74) is 3.25. The molecule has 1 heterocycles. The van der Waals surface area contributed by atoms with Crippen LogP contribution in [0.4, 0.5) is 0 Å². The van der Waals surface area contributed by atoms with E-state index in [9.17, 15) is 9.90 Å². The lowest BCUT2D eigenvalue weighted by Gasteiger charge is -2.10. The smallest absolute Gasteiger partial charge is 0.337 e. The van der Waals surface area contributed by atoms with Gasteiger partial charge < -0.3 is 9.67 Å². The van der Waals surface area contributed by atoms with Gasteiger partial charge in [0.25, 0.3) is 0 Å². The fourth-order valence-corrected chi connectivity index (χ4v) is 2.22. The SMILES string of the molecule is CCCn1c(-c2ccccc2)cc(C(=O)O)c1C. The van der Waals surface area contributed by atoms with Gasteiger partial charge in [-0.25, -0.2) is 4.79 Å². The van der Waals surface area contributed by atoms with Crippen LogP contribution in [0.2, 0.25) is 0 Å². The molecule has 1 N–H and O–H groups in total. The summed E-state index contributed by atoms with van der Waals surface area (Å²) < 4.78 is 2.08. The maximum atomic E-state index is 11.2. The summed E-state index contributed by atoms with van der Waals surface area (Å²) in [6.45, 7) is 4.80. The van der Waals surface area contributed by atoms with Crippen LogP contribution in [-0.4, -0.2) is 15.6 Å². The molecule has 1 aromatic heterocycles. The van der Waals surface area contributed by atoms with Gasteiger partial charge in [0.2, 0.25) is 0 Å². The van der Waals surface area contributed by atoms with Crippen molar-refractivity contribution in [2.45, 2.75) is 26.8 Å². The Morgan fingerprint density at radius 3 is 2.50 bits per heavy atom. The van der Waals surface area contributed by atoms with Crippen LogP contribution in [0.3, 0.4) is 0 Å². The van der Waals surface area contributed by atoms with Crippen LogP contribution in [0.25, 0.3) is 11.3 Å².